The van der Waals surface area contributed by atoms with Crippen molar-refractivity contribution in [2.24, 2.45) is 5.92 Å². The second kappa shape index (κ2) is 9.35. The Morgan fingerprint density at radius 3 is 2.30 bits per heavy atom. The minimum atomic E-state index is 0.0792. The molecule has 0 aliphatic heterocycles. The number of methoxy groups -OCH3 is 2. The summed E-state index contributed by atoms with van der Waals surface area (Å²) in [5.41, 5.74) is 5.19. The number of H-pyrrole nitrogens is 1. The molecule has 2 aromatic carbocycles. The number of ether oxygens (including phenoxy) is 2. The Hall–Kier alpha value is -2.79. The maximum absolute atomic E-state index is 12.8. The van der Waals surface area contributed by atoms with E-state index in [1.54, 1.807) is 20.3 Å². The number of aromatic amines is 1. The number of pyridine rings is 1. The Kier molecular flexibility index (Phi) is 6.83. The third-order valence-corrected chi connectivity index (χ3v) is 5.33. The summed E-state index contributed by atoms with van der Waals surface area (Å²) in [6, 6.07) is 11.8. The second-order valence-corrected chi connectivity index (χ2v) is 8.36. The zero-order valence-corrected chi connectivity index (χ0v) is 18.8. The van der Waals surface area contributed by atoms with Gasteiger partial charge in [0.05, 0.1) is 19.7 Å². The van der Waals surface area contributed by atoms with Crippen LogP contribution in [0, 0.1) is 19.8 Å². The summed E-state index contributed by atoms with van der Waals surface area (Å²) < 4.78 is 10.8. The van der Waals surface area contributed by atoms with Crippen LogP contribution in [-0.4, -0.2) is 30.6 Å². The highest BCUT2D eigenvalue weighted by Crippen LogP contribution is 2.28. The van der Waals surface area contributed by atoms with Gasteiger partial charge in [-0.2, -0.15) is 0 Å². The first-order chi connectivity index (χ1) is 14.3. The average molecular weight is 409 g/mol. The fourth-order valence-corrected chi connectivity index (χ4v) is 3.98. The maximum atomic E-state index is 12.8. The van der Waals surface area contributed by atoms with Gasteiger partial charge in [-0.3, -0.25) is 9.69 Å². The number of nitrogens with one attached hydrogen (secondary N) is 1. The van der Waals surface area contributed by atoms with E-state index in [2.05, 4.69) is 35.9 Å². The van der Waals surface area contributed by atoms with E-state index in [9.17, 15) is 4.79 Å². The number of rotatable bonds is 8. The van der Waals surface area contributed by atoms with Crippen molar-refractivity contribution in [1.82, 2.24) is 9.88 Å². The van der Waals surface area contributed by atoms with Crippen LogP contribution in [0.5, 0.6) is 11.5 Å². The number of nitrogens with zero attached hydrogens (tertiary/aromatic N) is 1. The Bertz CT molecular complexity index is 1090. The van der Waals surface area contributed by atoms with E-state index in [1.807, 2.05) is 32.0 Å². The van der Waals surface area contributed by atoms with Crippen LogP contribution in [-0.2, 0) is 13.1 Å². The first-order valence-electron chi connectivity index (χ1n) is 10.4. The molecule has 5 heteroatoms. The SMILES string of the molecule is COc1ccc(CN(Cc2cc(=O)c3c(C)ccc(C)c3[nH]2)CC(C)C)cc1OC. The summed E-state index contributed by atoms with van der Waals surface area (Å²) in [5.74, 6) is 1.95. The van der Waals surface area contributed by atoms with Crippen molar-refractivity contribution >= 4 is 10.9 Å². The van der Waals surface area contributed by atoms with E-state index in [1.165, 1.54) is 0 Å². The lowest BCUT2D eigenvalue weighted by Crippen LogP contribution is -2.28. The standard InChI is InChI=1S/C25H32N2O3/c1-16(2)13-27(14-19-9-10-22(29-5)23(11-19)30-6)15-20-12-21(28)24-17(3)7-8-18(4)25(24)26-20/h7-12,16H,13-15H2,1-6H3,(H,26,28). The molecule has 160 valence electrons. The van der Waals surface area contributed by atoms with Gasteiger partial charge in [-0.05, 0) is 48.6 Å². The molecule has 3 aromatic rings. The molecule has 0 aliphatic carbocycles. The van der Waals surface area contributed by atoms with Crippen LogP contribution >= 0.6 is 0 Å². The highest BCUT2D eigenvalue weighted by Gasteiger charge is 2.14. The summed E-state index contributed by atoms with van der Waals surface area (Å²) in [6.45, 7) is 10.8. The van der Waals surface area contributed by atoms with Gasteiger partial charge in [0.25, 0.3) is 0 Å². The van der Waals surface area contributed by atoms with Gasteiger partial charge in [0.1, 0.15) is 0 Å². The molecular weight excluding hydrogens is 376 g/mol. The fraction of sp³-hybridized carbons (Fsp3) is 0.400. The smallest absolute Gasteiger partial charge is 0.189 e. The predicted octanol–water partition coefficient (Wildman–Crippen LogP) is 4.82. The van der Waals surface area contributed by atoms with Crippen LogP contribution in [0.25, 0.3) is 10.9 Å². The molecule has 5 nitrogen and oxygen atoms in total. The van der Waals surface area contributed by atoms with Gasteiger partial charge in [-0.15, -0.1) is 0 Å². The summed E-state index contributed by atoms with van der Waals surface area (Å²) in [4.78, 5) is 18.7. The van der Waals surface area contributed by atoms with Gasteiger partial charge >= 0.3 is 0 Å². The molecule has 0 saturated carbocycles. The molecule has 1 aromatic heterocycles. The van der Waals surface area contributed by atoms with E-state index in [4.69, 9.17) is 9.47 Å². The van der Waals surface area contributed by atoms with Crippen LogP contribution in [0.4, 0.5) is 0 Å². The normalized spacial score (nSPS) is 11.5. The Morgan fingerprint density at radius 1 is 0.933 bits per heavy atom. The summed E-state index contributed by atoms with van der Waals surface area (Å²) >= 11 is 0. The Labute approximate surface area is 178 Å². The Morgan fingerprint density at radius 2 is 1.63 bits per heavy atom. The monoisotopic (exact) mass is 408 g/mol. The lowest BCUT2D eigenvalue weighted by atomic mass is 10.0. The third kappa shape index (κ3) is 4.85. The molecule has 0 amide bonds. The van der Waals surface area contributed by atoms with Gasteiger partial charge in [0.15, 0.2) is 16.9 Å². The Balaban J connectivity index is 1.92. The lowest BCUT2D eigenvalue weighted by molar-refractivity contribution is 0.225. The molecular formula is C25H32N2O3. The largest absolute Gasteiger partial charge is 0.493 e. The third-order valence-electron chi connectivity index (χ3n) is 5.33. The molecule has 0 spiro atoms. The predicted molar refractivity (Wildman–Crippen MR) is 123 cm³/mol. The van der Waals surface area contributed by atoms with Crippen LogP contribution < -0.4 is 14.9 Å². The van der Waals surface area contributed by atoms with Crippen molar-refractivity contribution in [3.05, 3.63) is 69.0 Å². The number of benzene rings is 2. The summed E-state index contributed by atoms with van der Waals surface area (Å²) in [7, 11) is 3.29. The molecule has 0 atom stereocenters. The van der Waals surface area contributed by atoms with Crippen LogP contribution in [0.1, 0.15) is 36.2 Å². The van der Waals surface area contributed by atoms with Crippen molar-refractivity contribution < 1.29 is 9.47 Å². The number of fused-ring (bicyclic) bond motifs is 1. The number of aromatic nitrogens is 1. The molecule has 0 radical (unpaired) electrons. The first-order valence-corrected chi connectivity index (χ1v) is 10.4. The van der Waals surface area contributed by atoms with E-state index in [0.29, 0.717) is 12.5 Å². The summed E-state index contributed by atoms with van der Waals surface area (Å²) in [6.07, 6.45) is 0. The van der Waals surface area contributed by atoms with E-state index >= 15 is 0 Å². The molecule has 0 fully saturated rings. The van der Waals surface area contributed by atoms with Crippen LogP contribution in [0.3, 0.4) is 0 Å². The lowest BCUT2D eigenvalue weighted by Gasteiger charge is -2.25. The van der Waals surface area contributed by atoms with Gasteiger partial charge in [-0.25, -0.2) is 0 Å². The van der Waals surface area contributed by atoms with Crippen LogP contribution in [0.2, 0.25) is 0 Å². The first kappa shape index (κ1) is 21.9. The quantitative estimate of drug-likeness (QED) is 0.581. The van der Waals surface area contributed by atoms with Crippen LogP contribution in [0.15, 0.2) is 41.2 Å². The number of aryl methyl sites for hydroxylation is 2. The van der Waals surface area contributed by atoms with Gasteiger partial charge in [-0.1, -0.05) is 32.0 Å². The molecule has 1 heterocycles. The molecule has 0 unspecified atom stereocenters. The maximum Gasteiger partial charge on any atom is 0.189 e. The second-order valence-electron chi connectivity index (χ2n) is 8.36. The van der Waals surface area contributed by atoms with Gasteiger partial charge < -0.3 is 14.5 Å². The van der Waals surface area contributed by atoms with E-state index < -0.39 is 0 Å². The molecule has 1 N–H and O–H groups in total. The van der Waals surface area contributed by atoms with Crippen molar-refractivity contribution in [2.45, 2.75) is 40.8 Å². The molecule has 30 heavy (non-hydrogen) atoms. The zero-order valence-electron chi connectivity index (χ0n) is 18.8. The average Bonchev–Trinajstić information content (AvgIpc) is 2.70. The molecule has 0 bridgehead atoms. The molecule has 3 rings (SSSR count). The van der Waals surface area contributed by atoms with Crippen molar-refractivity contribution in [3.8, 4) is 11.5 Å². The topological polar surface area (TPSA) is 54.6 Å². The summed E-state index contributed by atoms with van der Waals surface area (Å²) in [5, 5.41) is 0.786. The van der Waals surface area contributed by atoms with E-state index in [-0.39, 0.29) is 5.43 Å². The van der Waals surface area contributed by atoms with E-state index in [0.717, 1.165) is 57.9 Å². The van der Waals surface area contributed by atoms with Gasteiger partial charge in [0.2, 0.25) is 0 Å². The van der Waals surface area contributed by atoms with Gasteiger partial charge in [0, 0.05) is 36.8 Å². The highest BCUT2D eigenvalue weighted by atomic mass is 16.5. The minimum Gasteiger partial charge on any atom is -0.493 e. The van der Waals surface area contributed by atoms with Crippen molar-refractivity contribution in [1.29, 1.82) is 0 Å². The minimum absolute atomic E-state index is 0.0792. The van der Waals surface area contributed by atoms with Crippen molar-refractivity contribution in [2.75, 3.05) is 20.8 Å². The zero-order chi connectivity index (χ0) is 21.8. The highest BCUT2D eigenvalue weighted by molar-refractivity contribution is 5.84. The number of hydrogen-bond donors (Lipinski definition) is 1. The number of hydrogen-bond acceptors (Lipinski definition) is 4. The molecule has 0 aliphatic rings. The fourth-order valence-electron chi connectivity index (χ4n) is 3.98. The molecule has 0 saturated heterocycles. The van der Waals surface area contributed by atoms with Crippen molar-refractivity contribution in [3.63, 3.8) is 0 Å².